The average molecular weight is 435 g/mol. The molecular weight excluding hydrogens is 408 g/mol. The lowest BCUT2D eigenvalue weighted by Crippen LogP contribution is -2.29. The molecule has 0 bridgehead atoms. The van der Waals surface area contributed by atoms with E-state index in [1.807, 2.05) is 35.0 Å². The van der Waals surface area contributed by atoms with Crippen molar-refractivity contribution in [2.75, 3.05) is 18.3 Å². The first-order valence-electron chi connectivity index (χ1n) is 10.7. The van der Waals surface area contributed by atoms with Gasteiger partial charge in [0.15, 0.2) is 5.82 Å². The van der Waals surface area contributed by atoms with Crippen LogP contribution in [-0.2, 0) is 11.3 Å². The molecule has 5 rings (SSSR count). The van der Waals surface area contributed by atoms with Crippen LogP contribution in [-0.4, -0.2) is 49.0 Å². The van der Waals surface area contributed by atoms with Crippen molar-refractivity contribution in [3.63, 3.8) is 0 Å². The molecule has 4 aromatic rings. The predicted molar refractivity (Wildman–Crippen MR) is 122 cm³/mol. The second kappa shape index (κ2) is 8.34. The van der Waals surface area contributed by atoms with Crippen LogP contribution in [0.1, 0.15) is 24.4 Å². The number of aromatic nitrogens is 4. The largest absolute Gasteiger partial charge is 0.390 e. The summed E-state index contributed by atoms with van der Waals surface area (Å²) in [4.78, 5) is 18.0. The van der Waals surface area contributed by atoms with Crippen LogP contribution in [0.25, 0.3) is 21.9 Å². The Bertz CT molecular complexity index is 1260. The maximum Gasteiger partial charge on any atom is 0.162 e. The van der Waals surface area contributed by atoms with E-state index in [4.69, 9.17) is 10.6 Å². The number of nitrogens with zero attached hydrogens (tertiary/aromatic N) is 4. The summed E-state index contributed by atoms with van der Waals surface area (Å²) >= 11 is 0. The summed E-state index contributed by atoms with van der Waals surface area (Å²) in [6, 6.07) is 11.5. The van der Waals surface area contributed by atoms with E-state index in [1.54, 1.807) is 6.07 Å². The van der Waals surface area contributed by atoms with Crippen molar-refractivity contribution in [1.29, 1.82) is 0 Å². The van der Waals surface area contributed by atoms with Crippen LogP contribution in [0.15, 0.2) is 48.9 Å². The van der Waals surface area contributed by atoms with Gasteiger partial charge in [-0.15, -0.1) is 0 Å². The standard InChI is InChI=1S/C23H26N6O3/c1-32-28-22-16-8-9-29(23(16)26-12-25-22)18-11-15(20(30)21(18)31)5-3-13-2-4-14-6-7-19(24)27-17(14)10-13/h2,4,6-10,12,15,18,20-21,30-31H,3,5,11H2,1H3,(H2,24,27)(H,25,26,28)/t15-,18+,20+,21-/m0/s1. The van der Waals surface area contributed by atoms with Crippen LogP contribution in [0.3, 0.4) is 0 Å². The van der Waals surface area contributed by atoms with Crippen LogP contribution in [0, 0.1) is 5.92 Å². The second-order valence-corrected chi connectivity index (χ2v) is 8.33. The van der Waals surface area contributed by atoms with Gasteiger partial charge in [-0.05, 0) is 55.0 Å². The zero-order chi connectivity index (χ0) is 22.2. The molecule has 0 spiro atoms. The summed E-state index contributed by atoms with van der Waals surface area (Å²) in [6.45, 7) is 0. The summed E-state index contributed by atoms with van der Waals surface area (Å²) in [6.07, 6.45) is 3.85. The van der Waals surface area contributed by atoms with E-state index in [0.717, 1.165) is 34.7 Å². The minimum atomic E-state index is -0.873. The van der Waals surface area contributed by atoms with Crippen molar-refractivity contribution in [1.82, 2.24) is 19.5 Å². The lowest BCUT2D eigenvalue weighted by molar-refractivity contribution is 0.00545. The van der Waals surface area contributed by atoms with Gasteiger partial charge in [0.2, 0.25) is 0 Å². The number of aliphatic hydroxyl groups excluding tert-OH is 2. The molecule has 0 saturated heterocycles. The third-order valence-electron chi connectivity index (χ3n) is 6.42. The molecular formula is C23H26N6O3. The Kier molecular flexibility index (Phi) is 5.38. The van der Waals surface area contributed by atoms with Crippen molar-refractivity contribution in [3.8, 4) is 0 Å². The molecule has 166 valence electrons. The van der Waals surface area contributed by atoms with Crippen molar-refractivity contribution in [2.24, 2.45) is 5.92 Å². The highest BCUT2D eigenvalue weighted by Gasteiger charge is 2.42. The van der Waals surface area contributed by atoms with Gasteiger partial charge in [0.25, 0.3) is 0 Å². The molecule has 0 unspecified atom stereocenters. The van der Waals surface area contributed by atoms with Crippen molar-refractivity contribution in [2.45, 2.75) is 37.5 Å². The van der Waals surface area contributed by atoms with Crippen LogP contribution < -0.4 is 11.2 Å². The highest BCUT2D eigenvalue weighted by atomic mass is 16.6. The molecule has 1 fully saturated rings. The number of hydrogen-bond acceptors (Lipinski definition) is 8. The molecule has 0 radical (unpaired) electrons. The first-order chi connectivity index (χ1) is 15.5. The SMILES string of the molecule is CONc1ncnc2c1ccn2[C@@H]1C[C@H](CCc2ccc3ccc(N)nc3c2)[C@@H](O)[C@H]1O. The van der Waals surface area contributed by atoms with Crippen LogP contribution >= 0.6 is 0 Å². The molecule has 9 nitrogen and oxygen atoms in total. The summed E-state index contributed by atoms with van der Waals surface area (Å²) in [7, 11) is 1.52. The Morgan fingerprint density at radius 3 is 2.84 bits per heavy atom. The molecule has 3 heterocycles. The number of aliphatic hydroxyl groups is 2. The Hall–Kier alpha value is -3.27. The molecule has 4 atom stereocenters. The Balaban J connectivity index is 1.34. The average Bonchev–Trinajstić information content (AvgIpc) is 3.34. The fourth-order valence-electron chi connectivity index (χ4n) is 4.76. The number of benzene rings is 1. The summed E-state index contributed by atoms with van der Waals surface area (Å²) in [5.74, 6) is 1.03. The van der Waals surface area contributed by atoms with E-state index in [2.05, 4.69) is 26.5 Å². The lowest BCUT2D eigenvalue weighted by Gasteiger charge is -2.19. The topological polar surface area (TPSA) is 131 Å². The van der Waals surface area contributed by atoms with E-state index in [0.29, 0.717) is 23.7 Å². The molecule has 1 aromatic carbocycles. The molecule has 0 aliphatic heterocycles. The molecule has 32 heavy (non-hydrogen) atoms. The third kappa shape index (κ3) is 3.64. The van der Waals surface area contributed by atoms with E-state index in [-0.39, 0.29) is 12.0 Å². The van der Waals surface area contributed by atoms with E-state index < -0.39 is 12.2 Å². The molecule has 5 N–H and O–H groups in total. The van der Waals surface area contributed by atoms with Gasteiger partial charge >= 0.3 is 0 Å². The van der Waals surface area contributed by atoms with Crippen LogP contribution in [0.2, 0.25) is 0 Å². The number of nitrogens with one attached hydrogen (secondary N) is 1. The summed E-state index contributed by atoms with van der Waals surface area (Å²) in [5, 5.41) is 23.4. The smallest absolute Gasteiger partial charge is 0.162 e. The molecule has 1 saturated carbocycles. The van der Waals surface area contributed by atoms with Crippen molar-refractivity contribution < 1.29 is 15.1 Å². The minimum Gasteiger partial charge on any atom is -0.390 e. The fourth-order valence-corrected chi connectivity index (χ4v) is 4.76. The van der Waals surface area contributed by atoms with Gasteiger partial charge < -0.3 is 20.5 Å². The second-order valence-electron chi connectivity index (χ2n) is 8.33. The monoisotopic (exact) mass is 434 g/mol. The van der Waals surface area contributed by atoms with Gasteiger partial charge in [-0.1, -0.05) is 12.1 Å². The number of anilines is 2. The molecule has 0 amide bonds. The maximum atomic E-state index is 10.8. The van der Waals surface area contributed by atoms with Gasteiger partial charge in [0, 0.05) is 11.6 Å². The van der Waals surface area contributed by atoms with Gasteiger partial charge in [-0.2, -0.15) is 0 Å². The van der Waals surface area contributed by atoms with Gasteiger partial charge in [-0.25, -0.2) is 20.4 Å². The lowest BCUT2D eigenvalue weighted by atomic mass is 9.95. The van der Waals surface area contributed by atoms with Crippen LogP contribution in [0.5, 0.6) is 0 Å². The highest BCUT2D eigenvalue weighted by Crippen LogP contribution is 2.39. The van der Waals surface area contributed by atoms with Gasteiger partial charge in [-0.3, -0.25) is 4.84 Å². The third-order valence-corrected chi connectivity index (χ3v) is 6.42. The number of fused-ring (bicyclic) bond motifs is 2. The first-order valence-corrected chi connectivity index (χ1v) is 10.7. The van der Waals surface area contributed by atoms with E-state index in [9.17, 15) is 10.2 Å². The maximum absolute atomic E-state index is 10.8. The summed E-state index contributed by atoms with van der Waals surface area (Å²) < 4.78 is 1.93. The number of aryl methyl sites for hydroxylation is 1. The molecule has 3 aromatic heterocycles. The van der Waals surface area contributed by atoms with Crippen molar-refractivity contribution >= 4 is 33.6 Å². The molecule has 1 aliphatic rings. The highest BCUT2D eigenvalue weighted by molar-refractivity contribution is 5.87. The molecule has 9 heteroatoms. The number of rotatable bonds is 6. The normalized spacial score (nSPS) is 23.2. The Morgan fingerprint density at radius 2 is 2.00 bits per heavy atom. The number of nitrogen functional groups attached to an aromatic ring is 1. The van der Waals surface area contributed by atoms with E-state index >= 15 is 0 Å². The summed E-state index contributed by atoms with van der Waals surface area (Å²) in [5.41, 5.74) is 11.3. The number of nitrogens with two attached hydrogens (primary N) is 1. The van der Waals surface area contributed by atoms with E-state index in [1.165, 1.54) is 13.4 Å². The van der Waals surface area contributed by atoms with Crippen molar-refractivity contribution in [3.05, 3.63) is 54.5 Å². The Labute approximate surface area is 184 Å². The van der Waals surface area contributed by atoms with Gasteiger partial charge in [0.05, 0.1) is 30.2 Å². The van der Waals surface area contributed by atoms with Gasteiger partial charge in [0.1, 0.15) is 23.9 Å². The zero-order valence-electron chi connectivity index (χ0n) is 17.7. The predicted octanol–water partition coefficient (Wildman–Crippen LogP) is 2.45. The fraction of sp³-hybridized carbons (Fsp3) is 0.348. The number of hydrogen-bond donors (Lipinski definition) is 4. The van der Waals surface area contributed by atoms with Crippen LogP contribution in [0.4, 0.5) is 11.6 Å². The number of pyridine rings is 1. The quantitative estimate of drug-likeness (QED) is 0.340. The molecule has 1 aliphatic carbocycles. The first kappa shape index (κ1) is 20.6. The minimum absolute atomic E-state index is 0.0321. The zero-order valence-corrected chi connectivity index (χ0v) is 17.7. The Morgan fingerprint density at radius 1 is 1.16 bits per heavy atom.